The zero-order valence-corrected chi connectivity index (χ0v) is 13.1. The zero-order chi connectivity index (χ0) is 14.9. The molecule has 0 spiro atoms. The van der Waals surface area contributed by atoms with E-state index < -0.39 is 10.0 Å². The minimum Gasteiger partial charge on any atom is -0.393 e. The lowest BCUT2D eigenvalue weighted by molar-refractivity contribution is 0.178. The molecule has 5 heteroatoms. The maximum atomic E-state index is 12.4. The molecule has 112 valence electrons. The Balaban J connectivity index is 2.15. The van der Waals surface area contributed by atoms with Crippen LogP contribution in [-0.2, 0) is 10.0 Å². The van der Waals surface area contributed by atoms with Gasteiger partial charge in [-0.2, -0.15) is 0 Å². The number of aryl methyl sites for hydroxylation is 3. The van der Waals surface area contributed by atoms with E-state index in [4.69, 9.17) is 0 Å². The van der Waals surface area contributed by atoms with E-state index in [-0.39, 0.29) is 12.0 Å². The summed E-state index contributed by atoms with van der Waals surface area (Å²) in [5.41, 5.74) is 2.63. The fraction of sp³-hybridized carbons (Fsp3) is 0.600. The number of nitrogens with one attached hydrogen (secondary N) is 1. The third kappa shape index (κ3) is 3.40. The quantitative estimate of drug-likeness (QED) is 0.894. The van der Waals surface area contributed by atoms with Crippen molar-refractivity contribution in [2.75, 3.05) is 6.54 Å². The first kappa shape index (κ1) is 15.5. The second kappa shape index (κ2) is 5.84. The predicted molar refractivity (Wildman–Crippen MR) is 79.2 cm³/mol. The minimum atomic E-state index is -3.47. The molecule has 0 amide bonds. The molecule has 1 saturated carbocycles. The molecule has 0 bridgehead atoms. The van der Waals surface area contributed by atoms with Gasteiger partial charge < -0.3 is 5.11 Å². The lowest BCUT2D eigenvalue weighted by atomic mass is 10.1. The second-order valence-electron chi connectivity index (χ2n) is 5.91. The highest BCUT2D eigenvalue weighted by molar-refractivity contribution is 7.89. The van der Waals surface area contributed by atoms with Crippen LogP contribution in [0, 0.1) is 26.7 Å². The number of aliphatic hydroxyl groups excluding tert-OH is 1. The van der Waals surface area contributed by atoms with Gasteiger partial charge in [0.1, 0.15) is 0 Å². The van der Waals surface area contributed by atoms with Gasteiger partial charge in [0, 0.05) is 6.54 Å². The molecule has 2 atom stereocenters. The van der Waals surface area contributed by atoms with E-state index in [9.17, 15) is 13.5 Å². The van der Waals surface area contributed by atoms with Crippen LogP contribution in [0.25, 0.3) is 0 Å². The summed E-state index contributed by atoms with van der Waals surface area (Å²) in [5.74, 6) is 0.242. The van der Waals surface area contributed by atoms with Crippen molar-refractivity contribution in [2.24, 2.45) is 5.92 Å². The molecule has 0 aliphatic heterocycles. The van der Waals surface area contributed by atoms with Crippen LogP contribution < -0.4 is 4.72 Å². The van der Waals surface area contributed by atoms with Gasteiger partial charge in [0.2, 0.25) is 10.0 Å². The summed E-state index contributed by atoms with van der Waals surface area (Å²) in [6, 6.07) is 3.78. The average molecular weight is 297 g/mol. The zero-order valence-electron chi connectivity index (χ0n) is 12.3. The molecule has 20 heavy (non-hydrogen) atoms. The molecule has 1 aliphatic carbocycles. The second-order valence-corrected chi connectivity index (χ2v) is 7.62. The number of hydrogen-bond acceptors (Lipinski definition) is 3. The summed E-state index contributed by atoms with van der Waals surface area (Å²) in [6.45, 7) is 6.03. The predicted octanol–water partition coefficient (Wildman–Crippen LogP) is 2.05. The molecule has 1 fully saturated rings. The number of benzene rings is 1. The molecule has 0 aromatic heterocycles. The Hall–Kier alpha value is -0.910. The van der Waals surface area contributed by atoms with Crippen molar-refractivity contribution in [3.63, 3.8) is 0 Å². The van der Waals surface area contributed by atoms with Crippen LogP contribution in [-0.4, -0.2) is 26.2 Å². The molecule has 1 aromatic rings. The minimum absolute atomic E-state index is 0.242. The Morgan fingerprint density at radius 1 is 1.20 bits per heavy atom. The van der Waals surface area contributed by atoms with E-state index in [2.05, 4.69) is 4.72 Å². The summed E-state index contributed by atoms with van der Waals surface area (Å²) in [6.07, 6.45) is 2.08. The number of aliphatic hydroxyl groups is 1. The van der Waals surface area contributed by atoms with E-state index >= 15 is 0 Å². The van der Waals surface area contributed by atoms with Crippen LogP contribution >= 0.6 is 0 Å². The van der Waals surface area contributed by atoms with Crippen molar-refractivity contribution in [3.05, 3.63) is 28.8 Å². The first-order chi connectivity index (χ1) is 9.29. The Morgan fingerprint density at radius 3 is 2.30 bits per heavy atom. The Kier molecular flexibility index (Phi) is 4.52. The van der Waals surface area contributed by atoms with Gasteiger partial charge in [-0.15, -0.1) is 0 Å². The van der Waals surface area contributed by atoms with Gasteiger partial charge in [0.25, 0.3) is 0 Å². The fourth-order valence-corrected chi connectivity index (χ4v) is 4.69. The molecular weight excluding hydrogens is 274 g/mol. The first-order valence-corrected chi connectivity index (χ1v) is 8.53. The van der Waals surface area contributed by atoms with Gasteiger partial charge >= 0.3 is 0 Å². The molecule has 0 saturated heterocycles. The van der Waals surface area contributed by atoms with Crippen LogP contribution in [0.5, 0.6) is 0 Å². The third-order valence-corrected chi connectivity index (χ3v) is 5.68. The standard InChI is InChI=1S/C15H23NO3S/c1-10-6-11(2)15(12(3)7-10)20(18,19)16-9-13-4-5-14(17)8-13/h6-7,13-14,16-17H,4-5,8-9H2,1-3H3. The third-order valence-electron chi connectivity index (χ3n) is 3.95. The summed E-state index contributed by atoms with van der Waals surface area (Å²) >= 11 is 0. The maximum absolute atomic E-state index is 12.4. The highest BCUT2D eigenvalue weighted by Crippen LogP contribution is 2.26. The van der Waals surface area contributed by atoms with Crippen molar-refractivity contribution in [1.82, 2.24) is 4.72 Å². The van der Waals surface area contributed by atoms with Crippen LogP contribution in [0.3, 0.4) is 0 Å². The normalized spacial score (nSPS) is 23.2. The maximum Gasteiger partial charge on any atom is 0.241 e. The number of rotatable bonds is 4. The SMILES string of the molecule is Cc1cc(C)c(S(=O)(=O)NCC2CCC(O)C2)c(C)c1. The van der Waals surface area contributed by atoms with Crippen LogP contribution in [0.2, 0.25) is 0 Å². The van der Waals surface area contributed by atoms with Crippen LogP contribution in [0.1, 0.15) is 36.0 Å². The van der Waals surface area contributed by atoms with Gasteiger partial charge in [0.15, 0.2) is 0 Å². The van der Waals surface area contributed by atoms with E-state index in [1.807, 2.05) is 32.9 Å². The Morgan fingerprint density at radius 2 is 1.80 bits per heavy atom. The van der Waals surface area contributed by atoms with Crippen molar-refractivity contribution < 1.29 is 13.5 Å². The van der Waals surface area contributed by atoms with Crippen LogP contribution in [0.4, 0.5) is 0 Å². The highest BCUT2D eigenvalue weighted by Gasteiger charge is 2.26. The largest absolute Gasteiger partial charge is 0.393 e. The molecule has 2 unspecified atom stereocenters. The summed E-state index contributed by atoms with van der Waals surface area (Å²) in [5, 5.41) is 9.49. The first-order valence-electron chi connectivity index (χ1n) is 7.05. The van der Waals surface area contributed by atoms with Gasteiger partial charge in [0.05, 0.1) is 11.0 Å². The molecule has 2 N–H and O–H groups in total. The van der Waals surface area contributed by atoms with Gasteiger partial charge in [-0.25, -0.2) is 13.1 Å². The molecule has 0 radical (unpaired) electrons. The van der Waals surface area contributed by atoms with Gasteiger partial charge in [-0.05, 0) is 57.1 Å². The van der Waals surface area contributed by atoms with E-state index in [0.29, 0.717) is 17.9 Å². The summed E-state index contributed by atoms with van der Waals surface area (Å²) < 4.78 is 27.6. The lowest BCUT2D eigenvalue weighted by Gasteiger charge is -2.15. The van der Waals surface area contributed by atoms with E-state index in [1.165, 1.54) is 0 Å². The molecule has 0 heterocycles. The molecular formula is C15H23NO3S. The van der Waals surface area contributed by atoms with E-state index in [1.54, 1.807) is 0 Å². The van der Waals surface area contributed by atoms with Crippen molar-refractivity contribution in [2.45, 2.75) is 51.0 Å². The number of hydrogen-bond donors (Lipinski definition) is 2. The van der Waals surface area contributed by atoms with E-state index in [0.717, 1.165) is 29.5 Å². The summed E-state index contributed by atoms with van der Waals surface area (Å²) in [4.78, 5) is 0.390. The van der Waals surface area contributed by atoms with Gasteiger partial charge in [-0.1, -0.05) is 17.7 Å². The van der Waals surface area contributed by atoms with Crippen molar-refractivity contribution >= 4 is 10.0 Å². The van der Waals surface area contributed by atoms with Crippen molar-refractivity contribution in [1.29, 1.82) is 0 Å². The number of sulfonamides is 1. The van der Waals surface area contributed by atoms with Crippen molar-refractivity contribution in [3.8, 4) is 0 Å². The smallest absolute Gasteiger partial charge is 0.241 e. The lowest BCUT2D eigenvalue weighted by Crippen LogP contribution is -2.30. The average Bonchev–Trinajstić information content (AvgIpc) is 2.71. The monoisotopic (exact) mass is 297 g/mol. The van der Waals surface area contributed by atoms with Crippen LogP contribution in [0.15, 0.2) is 17.0 Å². The molecule has 2 rings (SSSR count). The summed E-state index contributed by atoms with van der Waals surface area (Å²) in [7, 11) is -3.47. The molecule has 1 aromatic carbocycles. The Bertz CT molecular complexity index is 572. The highest BCUT2D eigenvalue weighted by atomic mass is 32.2. The molecule has 1 aliphatic rings. The van der Waals surface area contributed by atoms with Gasteiger partial charge in [-0.3, -0.25) is 0 Å². The fourth-order valence-electron chi connectivity index (χ4n) is 3.12. The topological polar surface area (TPSA) is 66.4 Å². The Labute approximate surface area is 121 Å². The molecule has 4 nitrogen and oxygen atoms in total.